The summed E-state index contributed by atoms with van der Waals surface area (Å²) < 4.78 is 17.3. The number of urea groups is 1. The molecule has 0 aliphatic carbocycles. The molecule has 0 bridgehead atoms. The molecule has 1 saturated heterocycles. The molecule has 9 nitrogen and oxygen atoms in total. The number of benzene rings is 2. The van der Waals surface area contributed by atoms with E-state index in [0.29, 0.717) is 13.2 Å². The Morgan fingerprint density at radius 2 is 1.85 bits per heavy atom. The van der Waals surface area contributed by atoms with Crippen LogP contribution in [0, 0.1) is 0 Å². The van der Waals surface area contributed by atoms with Crippen LogP contribution >= 0.6 is 0 Å². The number of hydrogen-bond acceptors (Lipinski definition) is 7. The van der Waals surface area contributed by atoms with Gasteiger partial charge in [-0.1, -0.05) is 31.0 Å². The number of unbranched alkanes of at least 4 members (excludes halogenated alkanes) is 4. The average Bonchev–Trinajstić information content (AvgIpc) is 3.28. The van der Waals surface area contributed by atoms with Crippen molar-refractivity contribution in [2.75, 3.05) is 37.7 Å². The summed E-state index contributed by atoms with van der Waals surface area (Å²) in [7, 11) is 0. The van der Waals surface area contributed by atoms with Gasteiger partial charge in [0.1, 0.15) is 12.3 Å². The minimum Gasteiger partial charge on any atom is -0.463 e. The molecule has 1 fully saturated rings. The van der Waals surface area contributed by atoms with Gasteiger partial charge in [0.15, 0.2) is 0 Å². The number of imide groups is 1. The van der Waals surface area contributed by atoms with Gasteiger partial charge in [-0.05, 0) is 74.0 Å². The normalized spacial score (nSPS) is 16.9. The van der Waals surface area contributed by atoms with E-state index in [1.165, 1.54) is 4.90 Å². The molecule has 2 aromatic carbocycles. The zero-order chi connectivity index (χ0) is 28.4. The van der Waals surface area contributed by atoms with E-state index in [9.17, 15) is 14.7 Å². The summed E-state index contributed by atoms with van der Waals surface area (Å²) in [5.74, 6) is -0.0601. The first kappa shape index (κ1) is 30.0. The number of hydrogen-bond donors (Lipinski definition) is 3. The van der Waals surface area contributed by atoms with Crippen LogP contribution in [0.2, 0.25) is 0 Å². The number of nitrogens with one attached hydrogen (secondary N) is 2. The molecular weight excluding hydrogens is 510 g/mol. The third-order valence-corrected chi connectivity index (χ3v) is 7.15. The molecule has 2 heterocycles. The average molecular weight is 554 g/mol. The monoisotopic (exact) mass is 553 g/mol. The van der Waals surface area contributed by atoms with Crippen molar-refractivity contribution in [2.45, 2.75) is 77.3 Å². The fourth-order valence-corrected chi connectivity index (χ4v) is 4.89. The Hall–Kier alpha value is -2.98. The Morgan fingerprint density at radius 3 is 2.65 bits per heavy atom. The van der Waals surface area contributed by atoms with Gasteiger partial charge < -0.3 is 24.6 Å². The first-order valence-corrected chi connectivity index (χ1v) is 14.4. The van der Waals surface area contributed by atoms with Crippen molar-refractivity contribution in [1.82, 2.24) is 10.6 Å². The summed E-state index contributed by atoms with van der Waals surface area (Å²) >= 11 is 0. The van der Waals surface area contributed by atoms with Crippen LogP contribution < -0.4 is 20.3 Å². The van der Waals surface area contributed by atoms with Gasteiger partial charge in [-0.25, -0.2) is 4.79 Å². The zero-order valence-electron chi connectivity index (χ0n) is 23.7. The SMILES string of the molecule is CC1(C)OCc2cc([C@@H](O)CNCCCCCCOCCCCc3cccc(N4CC(=O)NC4=O)c3)ccc2O1. The molecule has 218 valence electrons. The molecule has 0 aromatic heterocycles. The molecule has 2 aliphatic rings. The minimum atomic E-state index is -0.615. The highest BCUT2D eigenvalue weighted by atomic mass is 16.7. The molecule has 2 aromatic rings. The van der Waals surface area contributed by atoms with Crippen LogP contribution in [0.25, 0.3) is 0 Å². The smallest absolute Gasteiger partial charge is 0.329 e. The molecular formula is C31H43N3O6. The number of rotatable bonds is 16. The first-order chi connectivity index (χ1) is 19.3. The number of aryl methyl sites for hydroxylation is 1. The van der Waals surface area contributed by atoms with E-state index in [-0.39, 0.29) is 18.5 Å². The second-order valence-electron chi connectivity index (χ2n) is 11.0. The number of carbonyl (C=O) groups excluding carboxylic acids is 2. The number of carbonyl (C=O) groups is 2. The van der Waals surface area contributed by atoms with Crippen molar-refractivity contribution >= 4 is 17.6 Å². The molecule has 40 heavy (non-hydrogen) atoms. The summed E-state index contributed by atoms with van der Waals surface area (Å²) in [6.07, 6.45) is 6.73. The summed E-state index contributed by atoms with van der Waals surface area (Å²) in [4.78, 5) is 24.8. The zero-order valence-corrected chi connectivity index (χ0v) is 23.7. The maximum absolute atomic E-state index is 11.9. The Morgan fingerprint density at radius 1 is 1.05 bits per heavy atom. The molecule has 3 N–H and O–H groups in total. The molecule has 3 amide bonds. The van der Waals surface area contributed by atoms with Crippen LogP contribution in [-0.2, 0) is 27.3 Å². The number of nitrogens with zero attached hydrogens (tertiary/aromatic N) is 1. The molecule has 2 aliphatic heterocycles. The van der Waals surface area contributed by atoms with Gasteiger partial charge >= 0.3 is 6.03 Å². The third-order valence-electron chi connectivity index (χ3n) is 7.15. The van der Waals surface area contributed by atoms with Gasteiger partial charge in [-0.3, -0.25) is 15.0 Å². The fraction of sp³-hybridized carbons (Fsp3) is 0.548. The van der Waals surface area contributed by atoms with Gasteiger partial charge in [0, 0.05) is 44.9 Å². The lowest BCUT2D eigenvalue weighted by Crippen LogP contribution is -2.35. The molecule has 0 radical (unpaired) electrons. The quantitative estimate of drug-likeness (QED) is 0.206. The van der Waals surface area contributed by atoms with Crippen molar-refractivity contribution in [3.8, 4) is 5.75 Å². The number of fused-ring (bicyclic) bond motifs is 1. The Kier molecular flexibility index (Phi) is 10.9. The van der Waals surface area contributed by atoms with Crippen LogP contribution in [-0.4, -0.2) is 55.7 Å². The Bertz CT molecular complexity index is 1140. The highest BCUT2D eigenvalue weighted by molar-refractivity contribution is 6.12. The lowest BCUT2D eigenvalue weighted by atomic mass is 10.0. The van der Waals surface area contributed by atoms with E-state index in [1.54, 1.807) is 0 Å². The fourth-order valence-electron chi connectivity index (χ4n) is 4.89. The lowest BCUT2D eigenvalue weighted by Gasteiger charge is -2.33. The van der Waals surface area contributed by atoms with E-state index in [4.69, 9.17) is 14.2 Å². The van der Waals surface area contributed by atoms with E-state index < -0.39 is 11.9 Å². The Balaban J connectivity index is 0.978. The lowest BCUT2D eigenvalue weighted by molar-refractivity contribution is -0.180. The van der Waals surface area contributed by atoms with E-state index in [0.717, 1.165) is 92.8 Å². The summed E-state index contributed by atoms with van der Waals surface area (Å²) in [5.41, 5.74) is 3.75. The van der Waals surface area contributed by atoms with Gasteiger partial charge in [0.25, 0.3) is 0 Å². The van der Waals surface area contributed by atoms with Crippen molar-refractivity contribution < 1.29 is 28.9 Å². The van der Waals surface area contributed by atoms with E-state index in [1.807, 2.05) is 50.2 Å². The first-order valence-electron chi connectivity index (χ1n) is 14.4. The van der Waals surface area contributed by atoms with Crippen LogP contribution in [0.15, 0.2) is 42.5 Å². The highest BCUT2D eigenvalue weighted by Gasteiger charge is 2.28. The summed E-state index contributed by atoms with van der Waals surface area (Å²) in [6, 6.07) is 13.3. The van der Waals surface area contributed by atoms with Gasteiger partial charge in [0.05, 0.1) is 12.7 Å². The molecule has 0 saturated carbocycles. The van der Waals surface area contributed by atoms with E-state index >= 15 is 0 Å². The second kappa shape index (κ2) is 14.6. The minimum absolute atomic E-state index is 0.0806. The molecule has 1 atom stereocenters. The van der Waals surface area contributed by atoms with Crippen LogP contribution in [0.4, 0.5) is 10.5 Å². The summed E-state index contributed by atoms with van der Waals surface area (Å²) in [5, 5.41) is 16.2. The topological polar surface area (TPSA) is 109 Å². The number of aliphatic hydroxyl groups is 1. The highest BCUT2D eigenvalue weighted by Crippen LogP contribution is 2.32. The van der Waals surface area contributed by atoms with Crippen molar-refractivity contribution in [1.29, 1.82) is 0 Å². The van der Waals surface area contributed by atoms with E-state index in [2.05, 4.69) is 16.7 Å². The Labute approximate surface area is 237 Å². The predicted octanol–water partition coefficient (Wildman–Crippen LogP) is 4.61. The standard InChI is InChI=1S/C31H43N3O6/c1-31(2)39-22-25-19-24(13-14-28(25)40-31)27(35)20-32-15-6-3-4-7-16-38-17-8-5-10-23-11-9-12-26(18-23)34-21-29(36)33-30(34)37/h9,11-14,18-19,27,32,35H,3-8,10,15-17,20-22H2,1-2H3,(H,33,36,37)/t27-/m0/s1. The molecule has 4 rings (SSSR count). The predicted molar refractivity (Wildman–Crippen MR) is 153 cm³/mol. The van der Waals surface area contributed by atoms with Crippen molar-refractivity contribution in [2.24, 2.45) is 0 Å². The van der Waals surface area contributed by atoms with Gasteiger partial charge in [-0.15, -0.1) is 0 Å². The second-order valence-corrected chi connectivity index (χ2v) is 11.0. The van der Waals surface area contributed by atoms with Crippen LogP contribution in [0.1, 0.15) is 75.2 Å². The largest absolute Gasteiger partial charge is 0.463 e. The van der Waals surface area contributed by atoms with Crippen molar-refractivity contribution in [3.63, 3.8) is 0 Å². The number of anilines is 1. The number of ether oxygens (including phenoxy) is 3. The van der Waals surface area contributed by atoms with Gasteiger partial charge in [0.2, 0.25) is 11.7 Å². The molecule has 0 spiro atoms. The molecule has 0 unspecified atom stereocenters. The molecule has 9 heteroatoms. The number of aliphatic hydroxyl groups excluding tert-OH is 1. The van der Waals surface area contributed by atoms with Gasteiger partial charge in [-0.2, -0.15) is 0 Å². The maximum Gasteiger partial charge on any atom is 0.329 e. The third kappa shape index (κ3) is 9.02. The van der Waals surface area contributed by atoms with Crippen LogP contribution in [0.3, 0.4) is 0 Å². The number of amides is 3. The van der Waals surface area contributed by atoms with Crippen molar-refractivity contribution in [3.05, 3.63) is 59.2 Å². The summed E-state index contributed by atoms with van der Waals surface area (Å²) in [6.45, 7) is 7.29. The maximum atomic E-state index is 11.9. The van der Waals surface area contributed by atoms with Crippen LogP contribution in [0.5, 0.6) is 5.75 Å².